The third-order valence-corrected chi connectivity index (χ3v) is 4.44. The highest BCUT2D eigenvalue weighted by Crippen LogP contribution is 2.17. The first-order valence-electron chi connectivity index (χ1n) is 5.18. The summed E-state index contributed by atoms with van der Waals surface area (Å²) in [5.74, 6) is -2.38. The molecule has 8 heteroatoms. The molecule has 1 rings (SSSR count). The Morgan fingerprint density at radius 3 is 2.12 bits per heavy atom. The highest BCUT2D eigenvalue weighted by Gasteiger charge is 2.31. The largest absolute Gasteiger partial charge is 0.480 e. The molecule has 2 N–H and O–H groups in total. The van der Waals surface area contributed by atoms with Crippen LogP contribution in [0.5, 0.6) is 0 Å². The third kappa shape index (κ3) is 4.70. The van der Waals surface area contributed by atoms with Gasteiger partial charge in [-0.3, -0.25) is 14.5 Å². The van der Waals surface area contributed by atoms with E-state index in [9.17, 15) is 18.0 Å². The van der Waals surface area contributed by atoms with E-state index < -0.39 is 40.9 Å². The van der Waals surface area contributed by atoms with Gasteiger partial charge in [-0.15, -0.1) is 0 Å². The van der Waals surface area contributed by atoms with Crippen molar-refractivity contribution in [1.82, 2.24) is 4.90 Å². The van der Waals surface area contributed by atoms with Crippen molar-refractivity contribution in [3.05, 3.63) is 0 Å². The lowest BCUT2D eigenvalue weighted by molar-refractivity contribution is -0.142. The second-order valence-electron chi connectivity index (χ2n) is 4.10. The molecule has 0 aromatic rings. The third-order valence-electron chi connectivity index (χ3n) is 2.63. The van der Waals surface area contributed by atoms with Gasteiger partial charge >= 0.3 is 11.9 Å². The number of nitrogens with zero attached hydrogens (tertiary/aromatic N) is 1. The summed E-state index contributed by atoms with van der Waals surface area (Å²) in [5, 5.41) is 17.3. The Bertz CT molecular complexity index is 388. The van der Waals surface area contributed by atoms with Crippen LogP contribution < -0.4 is 0 Å². The van der Waals surface area contributed by atoms with Gasteiger partial charge in [-0.25, -0.2) is 8.42 Å². The highest BCUT2D eigenvalue weighted by molar-refractivity contribution is 7.91. The SMILES string of the molecule is O=C(O)CN(CC(=O)O)C1CCCS(=O)(=O)C1. The Morgan fingerprint density at radius 1 is 1.18 bits per heavy atom. The highest BCUT2D eigenvalue weighted by atomic mass is 32.2. The molecule has 0 aromatic heterocycles. The van der Waals surface area contributed by atoms with Crippen molar-refractivity contribution in [2.75, 3.05) is 24.6 Å². The molecule has 0 bridgehead atoms. The van der Waals surface area contributed by atoms with E-state index in [2.05, 4.69) is 0 Å². The fourth-order valence-electron chi connectivity index (χ4n) is 1.95. The van der Waals surface area contributed by atoms with E-state index in [4.69, 9.17) is 10.2 Å². The van der Waals surface area contributed by atoms with E-state index in [0.29, 0.717) is 12.8 Å². The lowest BCUT2D eigenvalue weighted by Gasteiger charge is -2.31. The number of carboxylic acid groups (broad SMARTS) is 2. The lowest BCUT2D eigenvalue weighted by atomic mass is 10.1. The summed E-state index contributed by atoms with van der Waals surface area (Å²) >= 11 is 0. The monoisotopic (exact) mass is 265 g/mol. The lowest BCUT2D eigenvalue weighted by Crippen LogP contribution is -2.47. The summed E-state index contributed by atoms with van der Waals surface area (Å²) in [6.45, 7) is -0.904. The molecule has 0 radical (unpaired) electrons. The van der Waals surface area contributed by atoms with E-state index in [1.165, 1.54) is 4.90 Å². The van der Waals surface area contributed by atoms with Gasteiger partial charge in [0, 0.05) is 6.04 Å². The van der Waals surface area contributed by atoms with E-state index in [1.807, 2.05) is 0 Å². The predicted molar refractivity (Wildman–Crippen MR) is 58.5 cm³/mol. The smallest absolute Gasteiger partial charge is 0.317 e. The molecule has 0 amide bonds. The normalized spacial score (nSPS) is 23.5. The van der Waals surface area contributed by atoms with Crippen molar-refractivity contribution in [3.8, 4) is 0 Å². The Hall–Kier alpha value is -1.15. The summed E-state index contributed by atoms with van der Waals surface area (Å²) in [5.41, 5.74) is 0. The summed E-state index contributed by atoms with van der Waals surface area (Å²) in [4.78, 5) is 22.4. The molecule has 0 saturated carbocycles. The van der Waals surface area contributed by atoms with Crippen molar-refractivity contribution in [1.29, 1.82) is 0 Å². The Kier molecular flexibility index (Phi) is 4.47. The quantitative estimate of drug-likeness (QED) is 0.658. The minimum atomic E-state index is -3.18. The van der Waals surface area contributed by atoms with Gasteiger partial charge in [0.15, 0.2) is 9.84 Å². The van der Waals surface area contributed by atoms with Crippen molar-refractivity contribution in [2.45, 2.75) is 18.9 Å². The zero-order chi connectivity index (χ0) is 13.1. The van der Waals surface area contributed by atoms with Crippen molar-refractivity contribution >= 4 is 21.8 Å². The van der Waals surface area contributed by atoms with Crippen LogP contribution in [0.2, 0.25) is 0 Å². The van der Waals surface area contributed by atoms with E-state index in [-0.39, 0.29) is 11.5 Å². The maximum atomic E-state index is 11.4. The molecule has 98 valence electrons. The molecule has 7 nitrogen and oxygen atoms in total. The van der Waals surface area contributed by atoms with Gasteiger partial charge in [0.1, 0.15) is 0 Å². The van der Waals surface area contributed by atoms with Gasteiger partial charge in [0.05, 0.1) is 24.6 Å². The molecule has 1 aliphatic rings. The molecule has 1 heterocycles. The number of aliphatic carboxylic acids is 2. The molecule has 0 aromatic carbocycles. The first-order chi connectivity index (χ1) is 7.80. The fourth-order valence-corrected chi connectivity index (χ4v) is 3.69. The first kappa shape index (κ1) is 13.9. The maximum Gasteiger partial charge on any atom is 0.317 e. The Morgan fingerprint density at radius 2 is 1.71 bits per heavy atom. The second kappa shape index (κ2) is 5.46. The first-order valence-corrected chi connectivity index (χ1v) is 7.00. The van der Waals surface area contributed by atoms with Crippen molar-refractivity contribution in [3.63, 3.8) is 0 Å². The molecule has 1 fully saturated rings. The van der Waals surface area contributed by atoms with Crippen LogP contribution in [0.4, 0.5) is 0 Å². The topological polar surface area (TPSA) is 112 Å². The van der Waals surface area contributed by atoms with E-state index in [0.717, 1.165) is 0 Å². The molecular formula is C9H15NO6S. The number of carbonyl (C=O) groups is 2. The van der Waals surface area contributed by atoms with Gasteiger partial charge in [0.25, 0.3) is 0 Å². The van der Waals surface area contributed by atoms with E-state index >= 15 is 0 Å². The molecule has 1 unspecified atom stereocenters. The van der Waals surface area contributed by atoms with Crippen LogP contribution in [0.3, 0.4) is 0 Å². The molecule has 1 saturated heterocycles. The standard InChI is InChI=1S/C9H15NO6S/c11-8(12)4-10(5-9(13)14)7-2-1-3-17(15,16)6-7/h7H,1-6H2,(H,11,12)(H,13,14). The van der Waals surface area contributed by atoms with Gasteiger partial charge < -0.3 is 10.2 Å². The van der Waals surface area contributed by atoms with Crippen LogP contribution in [-0.4, -0.2) is 66.1 Å². The van der Waals surface area contributed by atoms with Crippen molar-refractivity contribution < 1.29 is 28.2 Å². The molecule has 0 aliphatic carbocycles. The zero-order valence-corrected chi connectivity index (χ0v) is 10.0. The minimum Gasteiger partial charge on any atom is -0.480 e. The number of carboxylic acids is 2. The zero-order valence-electron chi connectivity index (χ0n) is 9.20. The van der Waals surface area contributed by atoms with Crippen LogP contribution in [-0.2, 0) is 19.4 Å². The number of rotatable bonds is 5. The van der Waals surface area contributed by atoms with E-state index in [1.54, 1.807) is 0 Å². The van der Waals surface area contributed by atoms with Gasteiger partial charge in [-0.1, -0.05) is 0 Å². The van der Waals surface area contributed by atoms with Crippen molar-refractivity contribution in [2.24, 2.45) is 0 Å². The van der Waals surface area contributed by atoms with Crippen LogP contribution >= 0.6 is 0 Å². The predicted octanol–water partition coefficient (Wildman–Crippen LogP) is -0.965. The fraction of sp³-hybridized carbons (Fsp3) is 0.778. The number of hydrogen-bond acceptors (Lipinski definition) is 5. The van der Waals surface area contributed by atoms with Gasteiger partial charge in [-0.2, -0.15) is 0 Å². The summed E-state index contributed by atoms with van der Waals surface area (Å²) in [7, 11) is -3.18. The van der Waals surface area contributed by atoms with Gasteiger partial charge in [0.2, 0.25) is 0 Å². The average molecular weight is 265 g/mol. The summed E-state index contributed by atoms with van der Waals surface area (Å²) in [6.07, 6.45) is 0.961. The minimum absolute atomic E-state index is 0.0947. The van der Waals surface area contributed by atoms with Crippen LogP contribution in [0.25, 0.3) is 0 Å². The molecule has 1 atom stereocenters. The molecule has 0 spiro atoms. The molecule has 1 aliphatic heterocycles. The molecule has 17 heavy (non-hydrogen) atoms. The van der Waals surface area contributed by atoms with Crippen LogP contribution in [0.15, 0.2) is 0 Å². The second-order valence-corrected chi connectivity index (χ2v) is 6.33. The molecular weight excluding hydrogens is 250 g/mol. The van der Waals surface area contributed by atoms with Crippen LogP contribution in [0, 0.1) is 0 Å². The van der Waals surface area contributed by atoms with Gasteiger partial charge in [-0.05, 0) is 12.8 Å². The Labute approximate surface area is 98.9 Å². The number of hydrogen-bond donors (Lipinski definition) is 2. The average Bonchev–Trinajstić information content (AvgIpc) is 2.13. The summed E-state index contributed by atoms with van der Waals surface area (Å²) < 4.78 is 22.8. The Balaban J connectivity index is 2.74. The van der Waals surface area contributed by atoms with Crippen LogP contribution in [0.1, 0.15) is 12.8 Å². The summed E-state index contributed by atoms with van der Waals surface area (Å²) in [6, 6.07) is -0.513. The maximum absolute atomic E-state index is 11.4. The number of sulfone groups is 1.